The van der Waals surface area contributed by atoms with Gasteiger partial charge in [0.05, 0.1) is 11.7 Å². The third-order valence-corrected chi connectivity index (χ3v) is 5.05. The molecule has 0 bridgehead atoms. The zero-order valence-corrected chi connectivity index (χ0v) is 14.5. The minimum absolute atomic E-state index is 0.208. The van der Waals surface area contributed by atoms with Gasteiger partial charge in [-0.2, -0.15) is 0 Å². The van der Waals surface area contributed by atoms with E-state index in [9.17, 15) is 0 Å². The van der Waals surface area contributed by atoms with Crippen LogP contribution in [0.25, 0.3) is 11.5 Å². The van der Waals surface area contributed by atoms with Gasteiger partial charge in [0, 0.05) is 23.2 Å². The van der Waals surface area contributed by atoms with Crippen LogP contribution >= 0.6 is 11.3 Å². The standard InChI is InChI=1S/C18H21N3OS/c1-4-16-10-20-18(23-16)13(3)19-9-15-11-22-17(21-15)14-7-5-12(2)6-8-14/h5-8,10-11,13,19H,4,9H2,1-3H3/t13-/m1/s1. The molecule has 0 aliphatic rings. The monoisotopic (exact) mass is 327 g/mol. The number of thiazole rings is 1. The molecule has 2 aromatic heterocycles. The van der Waals surface area contributed by atoms with Gasteiger partial charge in [0.2, 0.25) is 5.89 Å². The third-order valence-electron chi connectivity index (χ3n) is 3.73. The summed E-state index contributed by atoms with van der Waals surface area (Å²) in [6.45, 7) is 7.01. The van der Waals surface area contributed by atoms with E-state index in [1.165, 1.54) is 10.4 Å². The van der Waals surface area contributed by atoms with Crippen LogP contribution in [0.3, 0.4) is 0 Å². The lowest BCUT2D eigenvalue weighted by Gasteiger charge is -2.08. The van der Waals surface area contributed by atoms with Crippen LogP contribution in [0.5, 0.6) is 0 Å². The van der Waals surface area contributed by atoms with Gasteiger partial charge in [0.25, 0.3) is 0 Å². The molecule has 0 saturated carbocycles. The van der Waals surface area contributed by atoms with Crippen molar-refractivity contribution >= 4 is 11.3 Å². The van der Waals surface area contributed by atoms with Crippen LogP contribution in [0.4, 0.5) is 0 Å². The largest absolute Gasteiger partial charge is 0.444 e. The highest BCUT2D eigenvalue weighted by molar-refractivity contribution is 7.11. The fourth-order valence-electron chi connectivity index (χ4n) is 2.25. The number of hydrogen-bond donors (Lipinski definition) is 1. The second kappa shape index (κ2) is 7.06. The van der Waals surface area contributed by atoms with Crippen molar-refractivity contribution in [3.8, 4) is 11.5 Å². The minimum atomic E-state index is 0.208. The third kappa shape index (κ3) is 3.86. The Morgan fingerprint density at radius 3 is 2.74 bits per heavy atom. The highest BCUT2D eigenvalue weighted by atomic mass is 32.1. The molecular weight excluding hydrogens is 306 g/mol. The van der Waals surface area contributed by atoms with Gasteiger partial charge in [-0.05, 0) is 32.4 Å². The van der Waals surface area contributed by atoms with Gasteiger partial charge >= 0.3 is 0 Å². The van der Waals surface area contributed by atoms with E-state index in [2.05, 4.69) is 48.2 Å². The van der Waals surface area contributed by atoms with Crippen LogP contribution in [0.1, 0.15) is 41.0 Å². The van der Waals surface area contributed by atoms with E-state index < -0.39 is 0 Å². The summed E-state index contributed by atoms with van der Waals surface area (Å²) in [5.41, 5.74) is 3.13. The predicted molar refractivity (Wildman–Crippen MR) is 93.4 cm³/mol. The van der Waals surface area contributed by atoms with E-state index in [0.717, 1.165) is 22.7 Å². The molecule has 3 aromatic rings. The average molecular weight is 327 g/mol. The van der Waals surface area contributed by atoms with Gasteiger partial charge in [-0.3, -0.25) is 0 Å². The Labute approximate surface area is 140 Å². The van der Waals surface area contributed by atoms with Crippen molar-refractivity contribution in [1.82, 2.24) is 15.3 Å². The van der Waals surface area contributed by atoms with E-state index in [-0.39, 0.29) is 6.04 Å². The molecule has 120 valence electrons. The van der Waals surface area contributed by atoms with Crippen molar-refractivity contribution in [3.05, 3.63) is 57.9 Å². The van der Waals surface area contributed by atoms with Crippen molar-refractivity contribution in [2.75, 3.05) is 0 Å². The number of aromatic nitrogens is 2. The Balaban J connectivity index is 1.61. The smallest absolute Gasteiger partial charge is 0.226 e. The number of benzene rings is 1. The minimum Gasteiger partial charge on any atom is -0.444 e. The highest BCUT2D eigenvalue weighted by Crippen LogP contribution is 2.22. The summed E-state index contributed by atoms with van der Waals surface area (Å²) >= 11 is 1.76. The molecule has 4 nitrogen and oxygen atoms in total. The second-order valence-electron chi connectivity index (χ2n) is 5.63. The van der Waals surface area contributed by atoms with Gasteiger partial charge in [0.15, 0.2) is 0 Å². The van der Waals surface area contributed by atoms with Crippen molar-refractivity contribution in [3.63, 3.8) is 0 Å². The summed E-state index contributed by atoms with van der Waals surface area (Å²) in [7, 11) is 0. The van der Waals surface area contributed by atoms with E-state index in [0.29, 0.717) is 12.4 Å². The fraction of sp³-hybridized carbons (Fsp3) is 0.333. The Morgan fingerprint density at radius 1 is 1.26 bits per heavy atom. The van der Waals surface area contributed by atoms with Crippen LogP contribution in [-0.4, -0.2) is 9.97 Å². The summed E-state index contributed by atoms with van der Waals surface area (Å²) in [6, 6.07) is 8.39. The second-order valence-corrected chi connectivity index (χ2v) is 6.78. The Bertz CT molecular complexity index is 761. The van der Waals surface area contributed by atoms with Crippen molar-refractivity contribution in [2.45, 2.75) is 39.8 Å². The molecule has 0 aliphatic carbocycles. The average Bonchev–Trinajstić information content (AvgIpc) is 3.22. The number of nitrogens with one attached hydrogen (secondary N) is 1. The number of rotatable bonds is 6. The first-order valence-electron chi connectivity index (χ1n) is 7.85. The summed E-state index contributed by atoms with van der Waals surface area (Å²) in [6.07, 6.45) is 4.71. The van der Waals surface area contributed by atoms with E-state index >= 15 is 0 Å². The zero-order valence-electron chi connectivity index (χ0n) is 13.7. The Hall–Kier alpha value is -1.98. The van der Waals surface area contributed by atoms with Gasteiger partial charge in [0.1, 0.15) is 11.3 Å². The van der Waals surface area contributed by atoms with Crippen LogP contribution in [0, 0.1) is 6.92 Å². The molecule has 0 fully saturated rings. The zero-order chi connectivity index (χ0) is 16.2. The normalized spacial score (nSPS) is 12.5. The topological polar surface area (TPSA) is 51.0 Å². The fourth-order valence-corrected chi connectivity index (χ4v) is 3.13. The molecule has 0 aliphatic heterocycles. The molecule has 0 saturated heterocycles. The van der Waals surface area contributed by atoms with Crippen molar-refractivity contribution < 1.29 is 4.42 Å². The maximum absolute atomic E-state index is 5.59. The van der Waals surface area contributed by atoms with Crippen LogP contribution in [-0.2, 0) is 13.0 Å². The Kier molecular flexibility index (Phi) is 4.88. The lowest BCUT2D eigenvalue weighted by Crippen LogP contribution is -2.18. The van der Waals surface area contributed by atoms with E-state index in [4.69, 9.17) is 4.42 Å². The van der Waals surface area contributed by atoms with Crippen LogP contribution < -0.4 is 5.32 Å². The van der Waals surface area contributed by atoms with Crippen molar-refractivity contribution in [2.24, 2.45) is 0 Å². The summed E-state index contributed by atoms with van der Waals surface area (Å²) < 4.78 is 5.59. The number of aryl methyl sites for hydroxylation is 2. The molecule has 0 radical (unpaired) electrons. The summed E-state index contributed by atoms with van der Waals surface area (Å²) in [5, 5.41) is 4.57. The first-order valence-corrected chi connectivity index (χ1v) is 8.66. The molecule has 1 atom stereocenters. The first-order chi connectivity index (χ1) is 11.2. The van der Waals surface area contributed by atoms with E-state index in [1.54, 1.807) is 17.6 Å². The SMILES string of the molecule is CCc1cnc([C@@H](C)NCc2coc(-c3ccc(C)cc3)n2)s1. The number of hydrogen-bond acceptors (Lipinski definition) is 5. The molecule has 23 heavy (non-hydrogen) atoms. The number of oxazole rings is 1. The molecule has 0 amide bonds. The summed E-state index contributed by atoms with van der Waals surface area (Å²) in [5.74, 6) is 0.664. The van der Waals surface area contributed by atoms with Crippen LogP contribution in [0.2, 0.25) is 0 Å². The first kappa shape index (κ1) is 15.9. The summed E-state index contributed by atoms with van der Waals surface area (Å²) in [4.78, 5) is 10.3. The van der Waals surface area contributed by atoms with Gasteiger partial charge in [-0.25, -0.2) is 9.97 Å². The molecule has 5 heteroatoms. The maximum Gasteiger partial charge on any atom is 0.226 e. The molecule has 1 aromatic carbocycles. The van der Waals surface area contributed by atoms with E-state index in [1.807, 2.05) is 18.3 Å². The lowest BCUT2D eigenvalue weighted by atomic mass is 10.1. The van der Waals surface area contributed by atoms with Crippen molar-refractivity contribution in [1.29, 1.82) is 0 Å². The maximum atomic E-state index is 5.59. The Morgan fingerprint density at radius 2 is 2.04 bits per heavy atom. The van der Waals surface area contributed by atoms with Gasteiger partial charge < -0.3 is 9.73 Å². The molecular formula is C18H21N3OS. The number of nitrogens with zero attached hydrogens (tertiary/aromatic N) is 2. The predicted octanol–water partition coefficient (Wildman–Crippen LogP) is 4.52. The molecule has 2 heterocycles. The molecule has 1 N–H and O–H groups in total. The quantitative estimate of drug-likeness (QED) is 0.723. The highest BCUT2D eigenvalue weighted by Gasteiger charge is 2.11. The van der Waals surface area contributed by atoms with Crippen LogP contribution in [0.15, 0.2) is 41.1 Å². The lowest BCUT2D eigenvalue weighted by molar-refractivity contribution is 0.552. The molecule has 0 unspecified atom stereocenters. The molecule has 3 rings (SSSR count). The van der Waals surface area contributed by atoms with Gasteiger partial charge in [-0.1, -0.05) is 24.6 Å². The molecule has 0 spiro atoms. The van der Waals surface area contributed by atoms with Gasteiger partial charge in [-0.15, -0.1) is 11.3 Å².